The lowest BCUT2D eigenvalue weighted by Gasteiger charge is -2.41. The molecule has 2 saturated heterocycles. The fourth-order valence-corrected chi connectivity index (χ4v) is 10.1. The van der Waals surface area contributed by atoms with Crippen molar-refractivity contribution in [3.63, 3.8) is 0 Å². The first-order valence-electron chi connectivity index (χ1n) is 24.7. The highest BCUT2D eigenvalue weighted by Gasteiger charge is 2.33. The molecule has 0 saturated carbocycles. The van der Waals surface area contributed by atoms with E-state index in [-0.39, 0.29) is 73.1 Å². The van der Waals surface area contributed by atoms with Gasteiger partial charge in [-0.3, -0.25) is 14.6 Å². The van der Waals surface area contributed by atoms with Crippen LogP contribution in [0.5, 0.6) is 5.75 Å². The van der Waals surface area contributed by atoms with E-state index in [1.807, 2.05) is 44.9 Å². The zero-order chi connectivity index (χ0) is 51.0. The summed E-state index contributed by atoms with van der Waals surface area (Å²) >= 11 is 0. The number of phenols is 1. The predicted octanol–water partition coefficient (Wildman–Crippen LogP) is 7.06. The topological polar surface area (TPSA) is 192 Å². The molecule has 0 aliphatic carbocycles. The molecule has 9 rings (SSSR count). The van der Waals surface area contributed by atoms with E-state index < -0.39 is 40.4 Å². The van der Waals surface area contributed by atoms with Crippen molar-refractivity contribution in [1.29, 1.82) is 0 Å². The minimum atomic E-state index is -0.939. The number of carbonyl (C=O) groups is 1. The third-order valence-electron chi connectivity index (χ3n) is 13.9. The summed E-state index contributed by atoms with van der Waals surface area (Å²) in [5.41, 5.74) is 2.71. The number of hydrogen-bond acceptors (Lipinski definition) is 13. The van der Waals surface area contributed by atoms with E-state index in [4.69, 9.17) is 4.98 Å². The molecule has 7 aromatic rings. The molecule has 2 atom stereocenters. The van der Waals surface area contributed by atoms with Gasteiger partial charge in [0.2, 0.25) is 0 Å². The van der Waals surface area contributed by atoms with Gasteiger partial charge in [0.05, 0.1) is 35.1 Å². The Bertz CT molecular complexity index is 3330. The summed E-state index contributed by atoms with van der Waals surface area (Å²) in [5, 5.41) is 28.9. The summed E-state index contributed by atoms with van der Waals surface area (Å²) in [6.45, 7) is 13.3. The second kappa shape index (κ2) is 20.7. The first-order valence-corrected chi connectivity index (χ1v) is 24.7. The number of carbonyl (C=O) groups excluding carboxylic acids is 1. The highest BCUT2D eigenvalue weighted by Crippen LogP contribution is 2.37. The van der Waals surface area contributed by atoms with Gasteiger partial charge in [-0.15, -0.1) is 0 Å². The molecule has 2 aliphatic rings. The first-order chi connectivity index (χ1) is 34.7. The van der Waals surface area contributed by atoms with Crippen molar-refractivity contribution in [2.75, 3.05) is 47.9 Å². The van der Waals surface area contributed by atoms with E-state index in [9.17, 15) is 24.6 Å². The Morgan fingerprint density at radius 1 is 0.986 bits per heavy atom. The molecular weight excluding hydrogens is 923 g/mol. The van der Waals surface area contributed by atoms with Gasteiger partial charge >= 0.3 is 5.69 Å². The molecule has 17 nitrogen and oxygen atoms in total. The van der Waals surface area contributed by atoms with Gasteiger partial charge in [-0.1, -0.05) is 39.0 Å². The van der Waals surface area contributed by atoms with Crippen LogP contribution >= 0.6 is 0 Å². The van der Waals surface area contributed by atoms with Crippen LogP contribution in [0.15, 0.2) is 88.4 Å². The number of piperazine rings is 1. The number of phenolic OH excluding ortho intramolecular Hbond substituents is 1. The number of anilines is 3. The van der Waals surface area contributed by atoms with Crippen LogP contribution in [0, 0.1) is 18.6 Å². The minimum Gasteiger partial charge on any atom is -0.507 e. The van der Waals surface area contributed by atoms with Gasteiger partial charge in [-0.05, 0) is 94.2 Å². The molecule has 3 N–H and O–H groups in total. The van der Waals surface area contributed by atoms with E-state index in [2.05, 4.69) is 37.2 Å². The predicted molar refractivity (Wildman–Crippen MR) is 273 cm³/mol. The number of aliphatic hydroxyl groups is 1. The number of hydrogen-bond donors (Lipinski definition) is 3. The highest BCUT2D eigenvalue weighted by molar-refractivity contribution is 5.94. The van der Waals surface area contributed by atoms with Crippen LogP contribution < -0.4 is 26.4 Å². The van der Waals surface area contributed by atoms with Gasteiger partial charge in [-0.2, -0.15) is 14.6 Å². The third-order valence-corrected chi connectivity index (χ3v) is 13.9. The molecule has 0 bridgehead atoms. The number of halogens is 2. The van der Waals surface area contributed by atoms with E-state index in [1.165, 1.54) is 27.3 Å². The van der Waals surface area contributed by atoms with Crippen LogP contribution in [0.4, 0.5) is 26.2 Å². The molecule has 2 fully saturated rings. The standard InChI is InChI=1S/C53H60F2N12O5/c1-7-35-27-58-67-42(25-43(59-49(35)67)65-20-10-9-12-37(65)18-23-68)57-26-34-15-16-44(70)63(29-34)30-36(8-2)52(71)62-21-22-64(33(6)28-62)50-38-24-40(55)47(45-39(54)13-11-14-41(45)69)60-51(38)66(53(72)61-50)48-32(5)17-19-56-46(48)31(3)4/h8,11,13-17,19,24-25,27,29,31,33,37,57,68-69H,7,9-10,12,18,20-23,26,28,30H2,1-6H3/b36-8+/t33-,37-/m0/s1. The van der Waals surface area contributed by atoms with Gasteiger partial charge in [0.15, 0.2) is 17.1 Å². The third kappa shape index (κ3) is 9.40. The van der Waals surface area contributed by atoms with Crippen LogP contribution in [0.1, 0.15) is 88.6 Å². The number of nitrogens with zero attached hydrogens (tertiary/aromatic N) is 11. The molecule has 2 aliphatic heterocycles. The van der Waals surface area contributed by atoms with Gasteiger partial charge in [0.25, 0.3) is 11.5 Å². The summed E-state index contributed by atoms with van der Waals surface area (Å²) in [6, 6.07) is 11.5. The number of aliphatic hydroxyl groups excluding tert-OH is 1. The van der Waals surface area contributed by atoms with Gasteiger partial charge in [0, 0.05) is 87.1 Å². The van der Waals surface area contributed by atoms with Crippen molar-refractivity contribution in [3.8, 4) is 22.7 Å². The van der Waals surface area contributed by atoms with Crippen LogP contribution in [-0.4, -0.2) is 105 Å². The lowest BCUT2D eigenvalue weighted by Crippen LogP contribution is -2.55. The Balaban J connectivity index is 0.966. The maximum absolute atomic E-state index is 16.4. The van der Waals surface area contributed by atoms with Gasteiger partial charge in [0.1, 0.15) is 34.7 Å². The van der Waals surface area contributed by atoms with Crippen molar-refractivity contribution < 1.29 is 23.8 Å². The van der Waals surface area contributed by atoms with Crippen molar-refractivity contribution in [1.82, 2.24) is 43.6 Å². The fraction of sp³-hybridized carbons (Fsp3) is 0.396. The molecule has 1 aromatic carbocycles. The summed E-state index contributed by atoms with van der Waals surface area (Å²) in [4.78, 5) is 66.8. The lowest BCUT2D eigenvalue weighted by molar-refractivity contribution is -0.128. The maximum Gasteiger partial charge on any atom is 0.355 e. The molecule has 0 unspecified atom stereocenters. The zero-order valence-corrected chi connectivity index (χ0v) is 41.4. The van der Waals surface area contributed by atoms with E-state index >= 15 is 8.78 Å². The van der Waals surface area contributed by atoms with E-state index in [0.717, 1.165) is 72.8 Å². The molecule has 0 spiro atoms. The maximum atomic E-state index is 16.4. The Kier molecular flexibility index (Phi) is 14.2. The molecule has 19 heteroatoms. The number of benzene rings is 1. The van der Waals surface area contributed by atoms with E-state index in [1.54, 1.807) is 46.9 Å². The average molecular weight is 983 g/mol. The fourth-order valence-electron chi connectivity index (χ4n) is 10.1. The number of amides is 1. The SMILES string of the molecule is C/C=C(\Cn1cc(CNc2cc(N3CCCC[C@H]3CCO)nc3c(CC)cnn23)ccc1=O)C(=O)N1CCN(c2nc(=O)n(-c3c(C)ccnc3C(C)C)c3nc(-c4c(O)cccc4F)c(F)cc23)[C@@H](C)C1. The number of piperidine rings is 1. The Labute approximate surface area is 415 Å². The highest BCUT2D eigenvalue weighted by atomic mass is 19.1. The Hall–Kier alpha value is -7.54. The molecule has 376 valence electrons. The number of rotatable bonds is 14. The van der Waals surface area contributed by atoms with Gasteiger partial charge in [-0.25, -0.2) is 28.1 Å². The molecule has 72 heavy (non-hydrogen) atoms. The van der Waals surface area contributed by atoms with Crippen LogP contribution in [0.3, 0.4) is 0 Å². The number of pyridine rings is 3. The second-order valence-corrected chi connectivity index (χ2v) is 19.0. The van der Waals surface area contributed by atoms with Crippen molar-refractivity contribution in [2.24, 2.45) is 0 Å². The smallest absolute Gasteiger partial charge is 0.355 e. The quantitative estimate of drug-likeness (QED) is 0.0940. The Morgan fingerprint density at radius 3 is 2.54 bits per heavy atom. The number of aromatic nitrogens is 8. The van der Waals surface area contributed by atoms with E-state index in [0.29, 0.717) is 35.5 Å². The largest absolute Gasteiger partial charge is 0.507 e. The number of fused-ring (bicyclic) bond motifs is 2. The normalized spacial score (nSPS) is 16.6. The Morgan fingerprint density at radius 2 is 1.81 bits per heavy atom. The molecule has 1 amide bonds. The molecular formula is C53H60F2N12O5. The number of allylic oxidation sites excluding steroid dienone is 1. The van der Waals surface area contributed by atoms with Crippen molar-refractivity contribution in [3.05, 3.63) is 134 Å². The molecule has 8 heterocycles. The monoisotopic (exact) mass is 982 g/mol. The summed E-state index contributed by atoms with van der Waals surface area (Å²) in [7, 11) is 0. The summed E-state index contributed by atoms with van der Waals surface area (Å²) in [5.74, 6) is -1.07. The van der Waals surface area contributed by atoms with Crippen LogP contribution in [-0.2, 0) is 24.3 Å². The van der Waals surface area contributed by atoms with Crippen molar-refractivity contribution >= 4 is 40.0 Å². The average Bonchev–Trinajstić information content (AvgIpc) is 3.79. The summed E-state index contributed by atoms with van der Waals surface area (Å²) in [6.07, 6.45) is 11.5. The number of aryl methyl sites for hydroxylation is 2. The minimum absolute atomic E-state index is 0.0116. The van der Waals surface area contributed by atoms with Gasteiger partial charge < -0.3 is 34.8 Å². The van der Waals surface area contributed by atoms with Crippen LogP contribution in [0.2, 0.25) is 0 Å². The first kappa shape index (κ1) is 49.4. The second-order valence-electron chi connectivity index (χ2n) is 19.0. The summed E-state index contributed by atoms with van der Waals surface area (Å²) < 4.78 is 36.3. The molecule has 0 radical (unpaired) electrons. The van der Waals surface area contributed by atoms with Crippen LogP contribution in [0.25, 0.3) is 33.6 Å². The lowest BCUT2D eigenvalue weighted by atomic mass is 9.99. The van der Waals surface area contributed by atoms with Crippen molar-refractivity contribution in [2.45, 2.75) is 105 Å². The number of aromatic hydroxyl groups is 1. The zero-order valence-electron chi connectivity index (χ0n) is 41.4. The molecule has 6 aromatic heterocycles. The number of nitrogens with one attached hydrogen (secondary N) is 1.